The summed E-state index contributed by atoms with van der Waals surface area (Å²) in [5.41, 5.74) is 1.38. The second kappa shape index (κ2) is 12.1. The van der Waals surface area contributed by atoms with Gasteiger partial charge in [-0.05, 0) is 37.6 Å². The maximum atomic E-state index is 14.7. The van der Waals surface area contributed by atoms with Crippen molar-refractivity contribution in [3.05, 3.63) is 42.2 Å². The highest BCUT2D eigenvalue weighted by Gasteiger charge is 2.31. The van der Waals surface area contributed by atoms with Crippen LogP contribution in [0.5, 0.6) is 5.75 Å². The van der Waals surface area contributed by atoms with Crippen LogP contribution in [0.25, 0.3) is 10.9 Å². The third kappa shape index (κ3) is 7.03. The summed E-state index contributed by atoms with van der Waals surface area (Å²) in [6.07, 6.45) is -3.75. The van der Waals surface area contributed by atoms with Crippen molar-refractivity contribution in [2.24, 2.45) is 0 Å². The van der Waals surface area contributed by atoms with Gasteiger partial charge in [0.25, 0.3) is 10.0 Å². The summed E-state index contributed by atoms with van der Waals surface area (Å²) in [6, 6.07) is 7.33. The van der Waals surface area contributed by atoms with Crippen molar-refractivity contribution in [2.75, 3.05) is 58.5 Å². The number of alkyl halides is 4. The average Bonchev–Trinajstić information content (AvgIpc) is 3.24. The Morgan fingerprint density at radius 3 is 2.63 bits per heavy atom. The summed E-state index contributed by atoms with van der Waals surface area (Å²) >= 11 is 0. The van der Waals surface area contributed by atoms with Gasteiger partial charge in [0.2, 0.25) is 0 Å². The first-order valence-electron chi connectivity index (χ1n) is 12.8. The summed E-state index contributed by atoms with van der Waals surface area (Å²) in [5, 5.41) is 6.48. The van der Waals surface area contributed by atoms with E-state index < -0.39 is 35.0 Å². The highest BCUT2D eigenvalue weighted by atomic mass is 32.2. The molecular weight excluding hydrogens is 564 g/mol. The molecule has 41 heavy (non-hydrogen) atoms. The molecule has 1 aliphatic rings. The van der Waals surface area contributed by atoms with Crippen molar-refractivity contribution in [3.8, 4) is 17.6 Å². The number of fused-ring (bicyclic) bond motifs is 1. The third-order valence-corrected chi connectivity index (χ3v) is 8.47. The van der Waals surface area contributed by atoms with Crippen LogP contribution in [0.15, 0.2) is 41.6 Å². The van der Waals surface area contributed by atoms with Gasteiger partial charge < -0.3 is 24.8 Å². The summed E-state index contributed by atoms with van der Waals surface area (Å²) < 4.78 is 87.4. The molecule has 1 saturated heterocycles. The van der Waals surface area contributed by atoms with E-state index in [1.165, 1.54) is 33.5 Å². The minimum Gasteiger partial charge on any atom is -0.494 e. The first-order valence-corrected chi connectivity index (χ1v) is 14.2. The Balaban J connectivity index is 1.60. The van der Waals surface area contributed by atoms with Gasteiger partial charge in [0, 0.05) is 44.3 Å². The van der Waals surface area contributed by atoms with Crippen LogP contribution in [0.3, 0.4) is 0 Å². The Bertz CT molecular complexity index is 1560. The Morgan fingerprint density at radius 2 is 1.98 bits per heavy atom. The molecule has 4 rings (SSSR count). The molecule has 0 bridgehead atoms. The highest BCUT2D eigenvalue weighted by molar-refractivity contribution is 7.89. The predicted octanol–water partition coefficient (Wildman–Crippen LogP) is 3.78. The maximum absolute atomic E-state index is 14.7. The summed E-state index contributed by atoms with van der Waals surface area (Å²) in [5.74, 6) is 5.84. The van der Waals surface area contributed by atoms with E-state index >= 15 is 0 Å². The van der Waals surface area contributed by atoms with Gasteiger partial charge in [-0.15, -0.1) is 0 Å². The van der Waals surface area contributed by atoms with Gasteiger partial charge in [0.15, 0.2) is 5.03 Å². The first kappa shape index (κ1) is 30.4. The number of hydrogen-bond donors (Lipinski definition) is 2. The number of sulfonamides is 1. The van der Waals surface area contributed by atoms with E-state index in [4.69, 9.17) is 4.74 Å². The molecule has 222 valence electrons. The number of anilines is 2. The topological polar surface area (TPSA) is 91.7 Å². The first-order chi connectivity index (χ1) is 19.3. The van der Waals surface area contributed by atoms with Gasteiger partial charge in [-0.2, -0.15) is 13.2 Å². The number of hydrogen-bond acceptors (Lipinski definition) is 7. The molecule has 9 nitrogen and oxygen atoms in total. The lowest BCUT2D eigenvalue weighted by Crippen LogP contribution is -2.46. The summed E-state index contributed by atoms with van der Waals surface area (Å²) in [6.45, 7) is -0.241. The molecule has 2 atom stereocenters. The van der Waals surface area contributed by atoms with Crippen molar-refractivity contribution in [2.45, 2.75) is 36.4 Å². The minimum absolute atomic E-state index is 0.00951. The lowest BCUT2D eigenvalue weighted by molar-refractivity contribution is -0.140. The molecule has 1 aliphatic heterocycles. The zero-order chi connectivity index (χ0) is 29.9. The van der Waals surface area contributed by atoms with E-state index in [-0.39, 0.29) is 29.6 Å². The van der Waals surface area contributed by atoms with Gasteiger partial charge in [-0.1, -0.05) is 12.0 Å². The van der Waals surface area contributed by atoms with Gasteiger partial charge in [0.05, 0.1) is 42.8 Å². The fraction of sp³-hybridized carbons (Fsp3) is 0.444. The van der Waals surface area contributed by atoms with Crippen LogP contribution in [0.2, 0.25) is 0 Å². The summed E-state index contributed by atoms with van der Waals surface area (Å²) in [7, 11) is 2.21. The SMILES string of the molecule is COc1cc(S(=O)(=O)N(C)C)ncc1NCC#Cc1cc2c(N[C@@H]3CCN(C)C[C@@H]3F)cccc2n1CC(F)(F)F. The normalized spacial score (nSPS) is 18.3. The standard InChI is InChI=1S/C27H32F4N6O3S/c1-35(2)41(38,39)26-14-25(40-4)23(15-33-26)32-11-6-7-18-13-19-21(34-22-10-12-36(3)16-20(22)28)8-5-9-24(19)37(18)17-27(29,30)31/h5,8-9,13-15,20,22,32,34H,10-12,16-17H2,1-4H3/t20-,22+/m0/s1. The number of halogens is 4. The van der Waals surface area contributed by atoms with Crippen molar-refractivity contribution >= 4 is 32.3 Å². The second-order valence-corrected chi connectivity index (χ2v) is 12.1. The quantitative estimate of drug-likeness (QED) is 0.302. The lowest BCUT2D eigenvalue weighted by atomic mass is 10.0. The monoisotopic (exact) mass is 596 g/mol. The molecule has 0 saturated carbocycles. The largest absolute Gasteiger partial charge is 0.494 e. The number of nitrogens with one attached hydrogen (secondary N) is 2. The molecule has 0 amide bonds. The van der Waals surface area contributed by atoms with Gasteiger partial charge >= 0.3 is 6.18 Å². The number of ether oxygens (including phenoxy) is 1. The van der Waals surface area contributed by atoms with E-state index in [9.17, 15) is 26.0 Å². The Kier molecular flexibility index (Phi) is 9.00. The van der Waals surface area contributed by atoms with Crippen LogP contribution in [-0.4, -0.2) is 93.5 Å². The Morgan fingerprint density at radius 1 is 1.22 bits per heavy atom. The number of aromatic nitrogens is 2. The van der Waals surface area contributed by atoms with Crippen molar-refractivity contribution < 1.29 is 30.7 Å². The van der Waals surface area contributed by atoms with Crippen LogP contribution < -0.4 is 15.4 Å². The molecule has 0 spiro atoms. The molecule has 0 aliphatic carbocycles. The number of piperidine rings is 1. The molecule has 1 fully saturated rings. The average molecular weight is 597 g/mol. The van der Waals surface area contributed by atoms with Crippen molar-refractivity contribution in [1.29, 1.82) is 0 Å². The fourth-order valence-electron chi connectivity index (χ4n) is 4.61. The maximum Gasteiger partial charge on any atom is 0.406 e. The molecule has 14 heteroatoms. The van der Waals surface area contributed by atoms with E-state index in [2.05, 4.69) is 27.5 Å². The fourth-order valence-corrected chi connectivity index (χ4v) is 5.42. The number of pyridine rings is 1. The predicted molar refractivity (Wildman–Crippen MR) is 149 cm³/mol. The van der Waals surface area contributed by atoms with Crippen LogP contribution in [0.1, 0.15) is 12.1 Å². The molecule has 2 N–H and O–H groups in total. The van der Waals surface area contributed by atoms with E-state index in [1.54, 1.807) is 24.3 Å². The molecular formula is C27H32F4N6O3S. The lowest BCUT2D eigenvalue weighted by Gasteiger charge is -2.33. The smallest absolute Gasteiger partial charge is 0.406 e. The Labute approximate surface area is 236 Å². The zero-order valence-electron chi connectivity index (χ0n) is 23.1. The molecule has 0 unspecified atom stereocenters. The molecule has 0 radical (unpaired) electrons. The zero-order valence-corrected chi connectivity index (χ0v) is 23.9. The van der Waals surface area contributed by atoms with Crippen molar-refractivity contribution in [1.82, 2.24) is 18.8 Å². The summed E-state index contributed by atoms with van der Waals surface area (Å²) in [4.78, 5) is 5.88. The van der Waals surface area contributed by atoms with Crippen LogP contribution in [0.4, 0.5) is 28.9 Å². The van der Waals surface area contributed by atoms with E-state index in [0.717, 1.165) is 8.87 Å². The second-order valence-electron chi connectivity index (χ2n) is 9.95. The molecule has 3 aromatic rings. The number of nitrogens with zero attached hydrogens (tertiary/aromatic N) is 4. The number of methoxy groups -OCH3 is 1. The van der Waals surface area contributed by atoms with E-state index in [1.807, 2.05) is 11.9 Å². The molecule has 3 heterocycles. The Hall–Kier alpha value is -3.54. The minimum atomic E-state index is -4.49. The van der Waals surface area contributed by atoms with Crippen LogP contribution in [0, 0.1) is 11.8 Å². The third-order valence-electron chi connectivity index (χ3n) is 6.76. The van der Waals surface area contributed by atoms with Gasteiger partial charge in [-0.3, -0.25) is 0 Å². The molecule has 1 aromatic carbocycles. The number of benzene rings is 1. The van der Waals surface area contributed by atoms with Crippen LogP contribution >= 0.6 is 0 Å². The number of rotatable bonds is 8. The highest BCUT2D eigenvalue weighted by Crippen LogP contribution is 2.32. The van der Waals surface area contributed by atoms with Crippen molar-refractivity contribution in [3.63, 3.8) is 0 Å². The van der Waals surface area contributed by atoms with Gasteiger partial charge in [0.1, 0.15) is 18.5 Å². The van der Waals surface area contributed by atoms with Crippen LogP contribution in [-0.2, 0) is 16.6 Å². The van der Waals surface area contributed by atoms with Gasteiger partial charge in [-0.25, -0.2) is 22.1 Å². The molecule has 2 aromatic heterocycles. The van der Waals surface area contributed by atoms with E-state index in [0.29, 0.717) is 35.2 Å². The number of likely N-dealkylation sites (tertiary alicyclic amines) is 1.